The van der Waals surface area contributed by atoms with E-state index >= 15 is 0 Å². The van der Waals surface area contributed by atoms with Crippen LogP contribution in [0.1, 0.15) is 22.4 Å². The first-order chi connectivity index (χ1) is 12.0. The number of aromatic amines is 3. The van der Waals surface area contributed by atoms with E-state index in [9.17, 15) is 14.4 Å². The van der Waals surface area contributed by atoms with Crippen molar-refractivity contribution in [3.63, 3.8) is 0 Å². The maximum Gasteiger partial charge on any atom is 0.327 e. The SMILES string of the molecule is Cc1[nH]nc2c1C1(C(=O)Nc3ccccc31)c1c([nH]c(=O)[nH]c1=O)N2. The van der Waals surface area contributed by atoms with E-state index < -0.39 is 16.7 Å². The van der Waals surface area contributed by atoms with E-state index in [1.165, 1.54) is 0 Å². The van der Waals surface area contributed by atoms with Gasteiger partial charge in [0.25, 0.3) is 5.56 Å². The topological polar surface area (TPSA) is 136 Å². The summed E-state index contributed by atoms with van der Waals surface area (Å²) in [5.74, 6) is 0.206. The fourth-order valence-electron chi connectivity index (χ4n) is 3.91. The lowest BCUT2D eigenvalue weighted by molar-refractivity contribution is -0.118. The molecule has 9 heteroatoms. The second kappa shape index (κ2) is 4.26. The second-order valence-corrected chi connectivity index (χ2v) is 6.11. The summed E-state index contributed by atoms with van der Waals surface area (Å²) in [5, 5.41) is 12.8. The molecule has 5 N–H and O–H groups in total. The van der Waals surface area contributed by atoms with E-state index in [4.69, 9.17) is 0 Å². The highest BCUT2D eigenvalue weighted by atomic mass is 16.2. The molecule has 9 nitrogen and oxygen atoms in total. The molecule has 1 atom stereocenters. The third kappa shape index (κ3) is 1.47. The maximum absolute atomic E-state index is 13.2. The number of rotatable bonds is 0. The van der Waals surface area contributed by atoms with Gasteiger partial charge in [-0.25, -0.2) is 4.79 Å². The Bertz CT molecular complexity index is 1190. The number of aryl methyl sites for hydroxylation is 1. The van der Waals surface area contributed by atoms with Crippen LogP contribution in [0.15, 0.2) is 33.9 Å². The number of amides is 1. The van der Waals surface area contributed by atoms with Gasteiger partial charge >= 0.3 is 5.69 Å². The smallest absolute Gasteiger partial charge is 0.324 e. The van der Waals surface area contributed by atoms with E-state index in [1.807, 2.05) is 0 Å². The summed E-state index contributed by atoms with van der Waals surface area (Å²) >= 11 is 0. The molecule has 2 aromatic heterocycles. The Kier molecular flexibility index (Phi) is 2.35. The molecule has 0 radical (unpaired) electrons. The molecule has 5 rings (SSSR count). The molecule has 4 heterocycles. The lowest BCUT2D eigenvalue weighted by atomic mass is 9.69. The summed E-state index contributed by atoms with van der Waals surface area (Å²) in [6.07, 6.45) is 0. The monoisotopic (exact) mass is 336 g/mol. The zero-order chi connectivity index (χ0) is 17.3. The first kappa shape index (κ1) is 13.8. The van der Waals surface area contributed by atoms with Crippen LogP contribution >= 0.6 is 0 Å². The number of hydrogen-bond acceptors (Lipinski definition) is 5. The summed E-state index contributed by atoms with van der Waals surface area (Å²) in [6, 6.07) is 7.18. The number of nitrogens with zero attached hydrogens (tertiary/aromatic N) is 1. The molecule has 0 saturated heterocycles. The highest BCUT2D eigenvalue weighted by molar-refractivity contribution is 6.13. The minimum absolute atomic E-state index is 0.145. The third-order valence-corrected chi connectivity index (χ3v) is 4.80. The standard InChI is InChI=1S/C16H12N6O3/c1-6-9-12(22-21-6)18-11-10(13(23)20-15(25)19-11)16(9)7-4-2-3-5-8(7)17-14(16)24/h2-5H,1H3,(H,17,24)(H4,18,19,20,21,22,23,25). The summed E-state index contributed by atoms with van der Waals surface area (Å²) in [7, 11) is 0. The van der Waals surface area contributed by atoms with Gasteiger partial charge in [0, 0.05) is 22.5 Å². The van der Waals surface area contributed by atoms with Crippen molar-refractivity contribution in [1.29, 1.82) is 0 Å². The zero-order valence-corrected chi connectivity index (χ0v) is 13.0. The van der Waals surface area contributed by atoms with Gasteiger partial charge in [0.2, 0.25) is 5.91 Å². The Balaban J connectivity index is 2.03. The van der Waals surface area contributed by atoms with Gasteiger partial charge in [-0.15, -0.1) is 0 Å². The van der Waals surface area contributed by atoms with E-state index in [-0.39, 0.29) is 17.3 Å². The van der Waals surface area contributed by atoms with E-state index in [0.29, 0.717) is 28.3 Å². The molecule has 0 bridgehead atoms. The second-order valence-electron chi connectivity index (χ2n) is 6.11. The van der Waals surface area contributed by atoms with Crippen LogP contribution in [0.5, 0.6) is 0 Å². The van der Waals surface area contributed by atoms with Crippen molar-refractivity contribution in [2.75, 3.05) is 10.6 Å². The molecule has 3 aromatic rings. The fourth-order valence-corrected chi connectivity index (χ4v) is 3.91. The number of carbonyl (C=O) groups is 1. The average molecular weight is 336 g/mol. The first-order valence-corrected chi connectivity index (χ1v) is 7.64. The normalized spacial score (nSPS) is 19.8. The third-order valence-electron chi connectivity index (χ3n) is 4.80. The number of hydrogen-bond donors (Lipinski definition) is 5. The van der Waals surface area contributed by atoms with E-state index in [2.05, 4.69) is 30.8 Å². The summed E-state index contributed by atoms with van der Waals surface area (Å²) in [6.45, 7) is 1.79. The van der Waals surface area contributed by atoms with Gasteiger partial charge in [0.05, 0.1) is 5.56 Å². The molecular weight excluding hydrogens is 324 g/mol. The summed E-state index contributed by atoms with van der Waals surface area (Å²) < 4.78 is 0. The van der Waals surface area contributed by atoms with Gasteiger partial charge in [-0.05, 0) is 13.0 Å². The number of carbonyl (C=O) groups excluding carboxylic acids is 1. The molecule has 0 aliphatic carbocycles. The lowest BCUT2D eigenvalue weighted by Gasteiger charge is -2.33. The summed E-state index contributed by atoms with van der Waals surface area (Å²) in [4.78, 5) is 42.4. The van der Waals surface area contributed by atoms with E-state index in [0.717, 1.165) is 0 Å². The van der Waals surface area contributed by atoms with Crippen LogP contribution in [-0.4, -0.2) is 26.1 Å². The van der Waals surface area contributed by atoms with Crippen LogP contribution in [0.25, 0.3) is 0 Å². The Morgan fingerprint density at radius 2 is 1.80 bits per heavy atom. The van der Waals surface area contributed by atoms with Crippen molar-refractivity contribution in [3.8, 4) is 0 Å². The Morgan fingerprint density at radius 3 is 2.64 bits per heavy atom. The van der Waals surface area contributed by atoms with Gasteiger partial charge in [0.15, 0.2) is 5.82 Å². The van der Waals surface area contributed by atoms with Crippen LogP contribution in [0.4, 0.5) is 17.3 Å². The van der Waals surface area contributed by atoms with Crippen molar-refractivity contribution in [2.24, 2.45) is 0 Å². The maximum atomic E-state index is 13.2. The number of aromatic nitrogens is 4. The predicted molar refractivity (Wildman–Crippen MR) is 89.2 cm³/mol. The summed E-state index contributed by atoms with van der Waals surface area (Å²) in [5.41, 5.74) is -0.0275. The number of benzene rings is 1. The van der Waals surface area contributed by atoms with Crippen LogP contribution in [-0.2, 0) is 10.2 Å². The zero-order valence-electron chi connectivity index (χ0n) is 13.0. The largest absolute Gasteiger partial charge is 0.327 e. The van der Waals surface area contributed by atoms with Gasteiger partial charge in [-0.1, -0.05) is 18.2 Å². The van der Waals surface area contributed by atoms with Gasteiger partial charge in [0.1, 0.15) is 11.2 Å². The molecule has 25 heavy (non-hydrogen) atoms. The Morgan fingerprint density at radius 1 is 1.00 bits per heavy atom. The molecule has 2 aliphatic heterocycles. The number of fused-ring (bicyclic) bond motifs is 6. The van der Waals surface area contributed by atoms with Gasteiger partial charge in [-0.3, -0.25) is 24.7 Å². The number of para-hydroxylation sites is 1. The molecule has 0 saturated carbocycles. The van der Waals surface area contributed by atoms with Crippen molar-refractivity contribution in [2.45, 2.75) is 12.3 Å². The Labute approximate surface area is 139 Å². The van der Waals surface area contributed by atoms with Crippen LogP contribution in [0, 0.1) is 6.92 Å². The molecule has 1 amide bonds. The molecule has 1 aromatic carbocycles. The van der Waals surface area contributed by atoms with Crippen molar-refractivity contribution < 1.29 is 4.79 Å². The van der Waals surface area contributed by atoms with E-state index in [1.54, 1.807) is 31.2 Å². The molecular formula is C16H12N6O3. The highest BCUT2D eigenvalue weighted by Gasteiger charge is 2.57. The minimum atomic E-state index is -1.39. The van der Waals surface area contributed by atoms with Crippen LogP contribution in [0.2, 0.25) is 0 Å². The highest BCUT2D eigenvalue weighted by Crippen LogP contribution is 2.53. The van der Waals surface area contributed by atoms with Crippen molar-refractivity contribution in [3.05, 3.63) is 67.5 Å². The van der Waals surface area contributed by atoms with Gasteiger partial charge in [-0.2, -0.15) is 5.10 Å². The fraction of sp³-hybridized carbons (Fsp3) is 0.125. The quantitative estimate of drug-likeness (QED) is 0.406. The number of nitrogens with one attached hydrogen (secondary N) is 5. The van der Waals surface area contributed by atoms with Crippen molar-refractivity contribution in [1.82, 2.24) is 20.2 Å². The van der Waals surface area contributed by atoms with Crippen LogP contribution in [0.3, 0.4) is 0 Å². The van der Waals surface area contributed by atoms with Gasteiger partial charge < -0.3 is 10.6 Å². The lowest BCUT2D eigenvalue weighted by Crippen LogP contribution is -2.46. The molecule has 0 fully saturated rings. The van der Waals surface area contributed by atoms with Crippen molar-refractivity contribution >= 4 is 23.2 Å². The molecule has 2 aliphatic rings. The molecule has 1 unspecified atom stereocenters. The Hall–Kier alpha value is -3.62. The molecule has 124 valence electrons. The average Bonchev–Trinajstić information content (AvgIpc) is 3.06. The minimum Gasteiger partial charge on any atom is -0.324 e. The number of H-pyrrole nitrogens is 3. The molecule has 1 spiro atoms. The number of anilines is 3. The predicted octanol–water partition coefficient (Wildman–Crippen LogP) is 0.438. The first-order valence-electron chi connectivity index (χ1n) is 7.64. The van der Waals surface area contributed by atoms with Crippen LogP contribution < -0.4 is 21.9 Å².